The molecule has 0 aliphatic carbocycles. The zero-order chi connectivity index (χ0) is 9.54. The summed E-state index contributed by atoms with van der Waals surface area (Å²) in [6.07, 6.45) is 3.48. The monoisotopic (exact) mass is 189 g/mol. The summed E-state index contributed by atoms with van der Waals surface area (Å²) >= 11 is 0. The lowest BCUT2D eigenvalue weighted by Crippen LogP contribution is -2.14. The largest absolute Gasteiger partial charge is 0.378 e. The molecule has 0 radical (unpaired) electrons. The van der Waals surface area contributed by atoms with Crippen molar-refractivity contribution in [3.63, 3.8) is 0 Å². The second-order valence-electron chi connectivity index (χ2n) is 3.27. The highest BCUT2D eigenvalue weighted by Crippen LogP contribution is 2.27. The van der Waals surface area contributed by atoms with E-state index in [2.05, 4.69) is 10.3 Å². The maximum Gasteiger partial charge on any atom is 0.125 e. The number of halogens is 1. The van der Waals surface area contributed by atoms with Crippen molar-refractivity contribution in [1.82, 2.24) is 9.55 Å². The van der Waals surface area contributed by atoms with Crippen LogP contribution in [-0.2, 0) is 6.54 Å². The van der Waals surface area contributed by atoms with E-state index in [4.69, 9.17) is 0 Å². The van der Waals surface area contributed by atoms with E-state index in [1.807, 2.05) is 4.57 Å². The van der Waals surface area contributed by atoms with Crippen molar-refractivity contribution in [3.8, 4) is 5.69 Å². The van der Waals surface area contributed by atoms with E-state index < -0.39 is 0 Å². The molecule has 0 amide bonds. The van der Waals surface area contributed by atoms with Crippen molar-refractivity contribution >= 4 is 5.69 Å². The minimum absolute atomic E-state index is 0.230. The van der Waals surface area contributed by atoms with Crippen LogP contribution in [0.4, 0.5) is 10.1 Å². The highest BCUT2D eigenvalue weighted by Gasteiger charge is 2.14. The zero-order valence-corrected chi connectivity index (χ0v) is 7.37. The predicted molar refractivity (Wildman–Crippen MR) is 50.8 cm³/mol. The van der Waals surface area contributed by atoms with Crippen LogP contribution in [0.1, 0.15) is 5.69 Å². The van der Waals surface area contributed by atoms with Gasteiger partial charge in [-0.3, -0.25) is 4.57 Å². The zero-order valence-electron chi connectivity index (χ0n) is 7.37. The third kappa shape index (κ3) is 0.937. The van der Waals surface area contributed by atoms with Crippen LogP contribution < -0.4 is 5.32 Å². The standard InChI is InChI=1S/C10H8FN3/c11-7-1-2-9-10(3-7)14-6-12-4-8(14)5-13-9/h1-4,6,13H,5H2. The highest BCUT2D eigenvalue weighted by atomic mass is 19.1. The summed E-state index contributed by atoms with van der Waals surface area (Å²) in [4.78, 5) is 4.03. The Labute approximate surface area is 80.2 Å². The van der Waals surface area contributed by atoms with E-state index >= 15 is 0 Å². The summed E-state index contributed by atoms with van der Waals surface area (Å²) in [6, 6.07) is 4.70. The van der Waals surface area contributed by atoms with Crippen LogP contribution in [0.3, 0.4) is 0 Å². The number of nitrogens with zero attached hydrogens (tertiary/aromatic N) is 2. The van der Waals surface area contributed by atoms with Gasteiger partial charge in [0.25, 0.3) is 0 Å². The Morgan fingerprint density at radius 2 is 2.36 bits per heavy atom. The summed E-state index contributed by atoms with van der Waals surface area (Å²) in [5.74, 6) is -0.230. The topological polar surface area (TPSA) is 29.9 Å². The van der Waals surface area contributed by atoms with Crippen LogP contribution >= 0.6 is 0 Å². The molecule has 1 aliphatic heterocycles. The van der Waals surface area contributed by atoms with E-state index in [1.54, 1.807) is 18.6 Å². The molecule has 0 atom stereocenters. The third-order valence-electron chi connectivity index (χ3n) is 2.39. The Balaban J connectivity index is 2.28. The number of anilines is 1. The molecule has 70 valence electrons. The van der Waals surface area contributed by atoms with Crippen LogP contribution in [0.5, 0.6) is 0 Å². The van der Waals surface area contributed by atoms with Gasteiger partial charge < -0.3 is 5.32 Å². The summed E-state index contributed by atoms with van der Waals surface area (Å²) in [6.45, 7) is 0.735. The first-order valence-corrected chi connectivity index (χ1v) is 4.39. The summed E-state index contributed by atoms with van der Waals surface area (Å²) in [7, 11) is 0. The molecule has 3 nitrogen and oxygen atoms in total. The first kappa shape index (κ1) is 7.55. The van der Waals surface area contributed by atoms with E-state index in [-0.39, 0.29) is 5.82 Å². The molecule has 0 spiro atoms. The fourth-order valence-electron chi connectivity index (χ4n) is 1.71. The van der Waals surface area contributed by atoms with Crippen LogP contribution in [0, 0.1) is 5.82 Å². The van der Waals surface area contributed by atoms with Crippen LogP contribution in [0.25, 0.3) is 5.69 Å². The van der Waals surface area contributed by atoms with Gasteiger partial charge in [0, 0.05) is 6.07 Å². The second kappa shape index (κ2) is 2.57. The Kier molecular flexibility index (Phi) is 1.39. The normalized spacial score (nSPS) is 12.9. The molecule has 1 aromatic heterocycles. The van der Waals surface area contributed by atoms with Crippen LogP contribution in [0.15, 0.2) is 30.7 Å². The minimum Gasteiger partial charge on any atom is -0.378 e. The number of hydrogen-bond acceptors (Lipinski definition) is 2. The molecule has 4 heteroatoms. The fraction of sp³-hybridized carbons (Fsp3) is 0.100. The van der Waals surface area contributed by atoms with Gasteiger partial charge >= 0.3 is 0 Å². The molecule has 2 aromatic rings. The van der Waals surface area contributed by atoms with Gasteiger partial charge in [0.15, 0.2) is 0 Å². The van der Waals surface area contributed by atoms with Gasteiger partial charge in [-0.25, -0.2) is 9.37 Å². The Morgan fingerprint density at radius 3 is 3.29 bits per heavy atom. The van der Waals surface area contributed by atoms with Gasteiger partial charge in [0.1, 0.15) is 5.82 Å². The van der Waals surface area contributed by atoms with Gasteiger partial charge in [-0.2, -0.15) is 0 Å². The Morgan fingerprint density at radius 1 is 1.43 bits per heavy atom. The van der Waals surface area contributed by atoms with Crippen LogP contribution in [0.2, 0.25) is 0 Å². The molecule has 0 unspecified atom stereocenters. The fourth-order valence-corrected chi connectivity index (χ4v) is 1.71. The number of hydrogen-bond donors (Lipinski definition) is 1. The lowest BCUT2D eigenvalue weighted by Gasteiger charge is -2.20. The SMILES string of the molecule is Fc1ccc2c(c1)-n1cncc1CN2. The molecule has 2 heterocycles. The van der Waals surface area contributed by atoms with Crippen LogP contribution in [-0.4, -0.2) is 9.55 Å². The van der Waals surface area contributed by atoms with Gasteiger partial charge in [-0.15, -0.1) is 0 Å². The molecule has 0 saturated heterocycles. The lowest BCUT2D eigenvalue weighted by molar-refractivity contribution is 0.626. The average Bonchev–Trinajstić information content (AvgIpc) is 2.65. The van der Waals surface area contributed by atoms with Gasteiger partial charge in [-0.05, 0) is 12.1 Å². The first-order valence-electron chi connectivity index (χ1n) is 4.39. The number of aromatic nitrogens is 2. The summed E-state index contributed by atoms with van der Waals surface area (Å²) < 4.78 is 14.9. The minimum atomic E-state index is -0.230. The molecule has 1 N–H and O–H groups in total. The maximum absolute atomic E-state index is 13.0. The van der Waals surface area contributed by atoms with Crippen molar-refractivity contribution in [3.05, 3.63) is 42.2 Å². The van der Waals surface area contributed by atoms with E-state index in [0.717, 1.165) is 23.6 Å². The Hall–Kier alpha value is -1.84. The molecule has 3 rings (SSSR count). The molecular formula is C10H8FN3. The lowest BCUT2D eigenvalue weighted by atomic mass is 10.2. The molecule has 1 aromatic carbocycles. The van der Waals surface area contributed by atoms with Crippen molar-refractivity contribution in [2.45, 2.75) is 6.54 Å². The highest BCUT2D eigenvalue weighted by molar-refractivity contribution is 5.63. The quantitative estimate of drug-likeness (QED) is 0.686. The molecule has 1 aliphatic rings. The van der Waals surface area contributed by atoms with Crippen molar-refractivity contribution < 1.29 is 4.39 Å². The molecule has 0 bridgehead atoms. The number of nitrogens with one attached hydrogen (secondary N) is 1. The van der Waals surface area contributed by atoms with E-state index in [1.165, 1.54) is 12.1 Å². The molecule has 0 saturated carbocycles. The van der Waals surface area contributed by atoms with Crippen molar-refractivity contribution in [2.24, 2.45) is 0 Å². The van der Waals surface area contributed by atoms with Gasteiger partial charge in [0.2, 0.25) is 0 Å². The first-order chi connectivity index (χ1) is 6.84. The van der Waals surface area contributed by atoms with Crippen molar-refractivity contribution in [2.75, 3.05) is 5.32 Å². The van der Waals surface area contributed by atoms with Gasteiger partial charge in [-0.1, -0.05) is 0 Å². The van der Waals surface area contributed by atoms with E-state index in [0.29, 0.717) is 0 Å². The molecule has 14 heavy (non-hydrogen) atoms. The van der Waals surface area contributed by atoms with E-state index in [9.17, 15) is 4.39 Å². The van der Waals surface area contributed by atoms with Gasteiger partial charge in [0.05, 0.1) is 36.1 Å². The maximum atomic E-state index is 13.0. The molecule has 0 fully saturated rings. The number of rotatable bonds is 0. The predicted octanol–water partition coefficient (Wildman–Crippen LogP) is 1.94. The summed E-state index contributed by atoms with van der Waals surface area (Å²) in [5, 5.41) is 3.20. The number of imidazole rings is 1. The molecular weight excluding hydrogens is 181 g/mol. The second-order valence-corrected chi connectivity index (χ2v) is 3.27. The number of benzene rings is 1. The Bertz CT molecular complexity index is 490. The smallest absolute Gasteiger partial charge is 0.125 e. The van der Waals surface area contributed by atoms with Crippen molar-refractivity contribution in [1.29, 1.82) is 0 Å². The third-order valence-corrected chi connectivity index (χ3v) is 2.39. The average molecular weight is 189 g/mol. The number of fused-ring (bicyclic) bond motifs is 3. The summed E-state index contributed by atoms with van der Waals surface area (Å²) in [5.41, 5.74) is 2.81.